The maximum atomic E-state index is 6.03. The Morgan fingerprint density at radius 3 is 1.72 bits per heavy atom. The molecule has 156 valence electrons. The Kier molecular flexibility index (Phi) is 5.48. The Labute approximate surface area is 175 Å². The summed E-state index contributed by atoms with van der Waals surface area (Å²) in [7, 11) is 0. The van der Waals surface area contributed by atoms with Crippen LogP contribution >= 0.6 is 0 Å². The molecule has 29 heavy (non-hydrogen) atoms. The topological polar surface area (TPSA) is 27.7 Å². The zero-order valence-corrected chi connectivity index (χ0v) is 18.4. The van der Waals surface area contributed by atoms with Gasteiger partial charge in [0.1, 0.15) is 5.75 Å². The van der Waals surface area contributed by atoms with Gasteiger partial charge in [-0.25, -0.2) is 0 Å². The molecule has 2 aromatic rings. The minimum atomic E-state index is 0.203. The molecule has 0 bridgehead atoms. The first-order valence-corrected chi connectivity index (χ1v) is 10.8. The van der Waals surface area contributed by atoms with E-state index in [1.165, 1.54) is 16.7 Å². The lowest BCUT2D eigenvalue weighted by atomic mass is 9.78. The standard InChI is InChI=1S/C26H34O3/c1-18(14-19-6-8-20(9-7-19)23-25(2,3)16-28-23)15-27-22-12-10-21(11-13-22)24-26(4,5)17-29-24/h6-13,18,23-24H,14-17H2,1-5H3. The predicted molar refractivity (Wildman–Crippen MR) is 116 cm³/mol. The van der Waals surface area contributed by atoms with Crippen LogP contribution in [0.15, 0.2) is 48.5 Å². The second-order valence-corrected chi connectivity index (χ2v) is 10.3. The minimum Gasteiger partial charge on any atom is -0.493 e. The number of hydrogen-bond acceptors (Lipinski definition) is 3. The third-order valence-electron chi connectivity index (χ3n) is 6.25. The normalized spacial score (nSPS) is 25.6. The molecule has 2 aliphatic rings. The first-order valence-electron chi connectivity index (χ1n) is 10.8. The van der Waals surface area contributed by atoms with Crippen LogP contribution in [0.1, 0.15) is 63.5 Å². The summed E-state index contributed by atoms with van der Waals surface area (Å²) in [6, 6.07) is 17.3. The van der Waals surface area contributed by atoms with Crippen LogP contribution in [-0.4, -0.2) is 19.8 Å². The average molecular weight is 395 g/mol. The summed E-state index contributed by atoms with van der Waals surface area (Å²) in [6.07, 6.45) is 1.45. The van der Waals surface area contributed by atoms with Crippen LogP contribution in [0.25, 0.3) is 0 Å². The van der Waals surface area contributed by atoms with Gasteiger partial charge in [-0.15, -0.1) is 0 Å². The van der Waals surface area contributed by atoms with Crippen molar-refractivity contribution >= 4 is 0 Å². The van der Waals surface area contributed by atoms with Crippen LogP contribution in [0, 0.1) is 16.7 Å². The Hall–Kier alpha value is -1.84. The lowest BCUT2D eigenvalue weighted by Crippen LogP contribution is -2.40. The molecular formula is C26H34O3. The van der Waals surface area contributed by atoms with Crippen LogP contribution in [0.5, 0.6) is 5.75 Å². The monoisotopic (exact) mass is 394 g/mol. The van der Waals surface area contributed by atoms with Crippen molar-refractivity contribution in [3.8, 4) is 5.75 Å². The molecule has 0 N–H and O–H groups in total. The van der Waals surface area contributed by atoms with E-state index in [4.69, 9.17) is 14.2 Å². The van der Waals surface area contributed by atoms with E-state index in [0.29, 0.717) is 12.5 Å². The molecule has 2 saturated heterocycles. The highest BCUT2D eigenvalue weighted by molar-refractivity contribution is 5.30. The van der Waals surface area contributed by atoms with Crippen LogP contribution in [0.2, 0.25) is 0 Å². The summed E-state index contributed by atoms with van der Waals surface area (Å²) < 4.78 is 17.5. The summed E-state index contributed by atoms with van der Waals surface area (Å²) in [5.74, 6) is 1.38. The van der Waals surface area contributed by atoms with Gasteiger partial charge in [-0.1, -0.05) is 71.0 Å². The van der Waals surface area contributed by atoms with Gasteiger partial charge in [0.05, 0.1) is 32.0 Å². The molecule has 2 heterocycles. The predicted octanol–water partition coefficient (Wildman–Crippen LogP) is 6.14. The van der Waals surface area contributed by atoms with Crippen molar-refractivity contribution in [3.05, 3.63) is 65.2 Å². The molecule has 0 aromatic heterocycles. The summed E-state index contributed by atoms with van der Waals surface area (Å²) in [6.45, 7) is 13.7. The first kappa shape index (κ1) is 20.4. The van der Waals surface area contributed by atoms with Gasteiger partial charge in [-0.05, 0) is 41.2 Å². The van der Waals surface area contributed by atoms with Gasteiger partial charge in [0.15, 0.2) is 0 Å². The van der Waals surface area contributed by atoms with E-state index in [-0.39, 0.29) is 23.0 Å². The Morgan fingerprint density at radius 1 is 0.828 bits per heavy atom. The van der Waals surface area contributed by atoms with E-state index in [2.05, 4.69) is 83.1 Å². The number of benzene rings is 2. The van der Waals surface area contributed by atoms with Crippen molar-refractivity contribution in [1.29, 1.82) is 0 Å². The lowest BCUT2D eigenvalue weighted by Gasteiger charge is -2.44. The van der Waals surface area contributed by atoms with Crippen molar-refractivity contribution in [1.82, 2.24) is 0 Å². The Morgan fingerprint density at radius 2 is 1.31 bits per heavy atom. The fourth-order valence-corrected chi connectivity index (χ4v) is 4.36. The van der Waals surface area contributed by atoms with Crippen molar-refractivity contribution in [3.63, 3.8) is 0 Å². The number of rotatable bonds is 7. The van der Waals surface area contributed by atoms with Gasteiger partial charge < -0.3 is 14.2 Å². The van der Waals surface area contributed by atoms with E-state index in [0.717, 1.165) is 25.4 Å². The Balaban J connectivity index is 1.26. The number of ether oxygens (including phenoxy) is 3. The highest BCUT2D eigenvalue weighted by atomic mass is 16.5. The molecule has 2 aromatic carbocycles. The molecule has 0 aliphatic carbocycles. The van der Waals surface area contributed by atoms with Crippen molar-refractivity contribution in [2.24, 2.45) is 16.7 Å². The molecule has 3 nitrogen and oxygen atoms in total. The molecule has 0 amide bonds. The third kappa shape index (κ3) is 4.36. The maximum Gasteiger partial charge on any atom is 0.119 e. The van der Waals surface area contributed by atoms with Crippen LogP contribution in [0.3, 0.4) is 0 Å². The molecule has 3 atom stereocenters. The van der Waals surface area contributed by atoms with E-state index >= 15 is 0 Å². The minimum absolute atomic E-state index is 0.203. The van der Waals surface area contributed by atoms with Crippen molar-refractivity contribution in [2.75, 3.05) is 19.8 Å². The van der Waals surface area contributed by atoms with E-state index in [1.54, 1.807) is 0 Å². The van der Waals surface area contributed by atoms with Crippen molar-refractivity contribution < 1.29 is 14.2 Å². The van der Waals surface area contributed by atoms with Crippen LogP contribution in [0.4, 0.5) is 0 Å². The molecule has 0 spiro atoms. The first-order chi connectivity index (χ1) is 13.7. The summed E-state index contributed by atoms with van der Waals surface area (Å²) in [4.78, 5) is 0. The SMILES string of the molecule is CC(COc1ccc(C2OCC2(C)C)cc1)Cc1ccc(C2OCC2(C)C)cc1. The molecule has 2 fully saturated rings. The summed E-state index contributed by atoms with van der Waals surface area (Å²) >= 11 is 0. The maximum absolute atomic E-state index is 6.03. The van der Waals surface area contributed by atoms with Crippen LogP contribution in [-0.2, 0) is 15.9 Å². The number of hydrogen-bond donors (Lipinski definition) is 0. The second kappa shape index (κ2) is 7.77. The van der Waals surface area contributed by atoms with Gasteiger partial charge in [-0.3, -0.25) is 0 Å². The van der Waals surface area contributed by atoms with Gasteiger partial charge in [0.2, 0.25) is 0 Å². The smallest absolute Gasteiger partial charge is 0.119 e. The highest BCUT2D eigenvalue weighted by Crippen LogP contribution is 2.46. The lowest BCUT2D eigenvalue weighted by molar-refractivity contribution is -0.172. The highest BCUT2D eigenvalue weighted by Gasteiger charge is 2.41. The molecule has 4 rings (SSSR count). The largest absolute Gasteiger partial charge is 0.493 e. The fraction of sp³-hybridized carbons (Fsp3) is 0.538. The van der Waals surface area contributed by atoms with Gasteiger partial charge >= 0.3 is 0 Å². The second-order valence-electron chi connectivity index (χ2n) is 10.3. The van der Waals surface area contributed by atoms with Crippen molar-refractivity contribution in [2.45, 2.75) is 53.2 Å². The summed E-state index contributed by atoms with van der Waals surface area (Å²) in [5.41, 5.74) is 4.35. The fourth-order valence-electron chi connectivity index (χ4n) is 4.36. The molecule has 3 unspecified atom stereocenters. The zero-order chi connectivity index (χ0) is 20.6. The van der Waals surface area contributed by atoms with Gasteiger partial charge in [-0.2, -0.15) is 0 Å². The average Bonchev–Trinajstić information content (AvgIpc) is 2.67. The van der Waals surface area contributed by atoms with E-state index < -0.39 is 0 Å². The molecule has 0 saturated carbocycles. The van der Waals surface area contributed by atoms with Gasteiger partial charge in [0.25, 0.3) is 0 Å². The van der Waals surface area contributed by atoms with E-state index in [9.17, 15) is 0 Å². The van der Waals surface area contributed by atoms with Crippen LogP contribution < -0.4 is 4.74 Å². The Bertz CT molecular complexity index is 820. The molecule has 3 heteroatoms. The molecular weight excluding hydrogens is 360 g/mol. The van der Waals surface area contributed by atoms with Gasteiger partial charge in [0, 0.05) is 10.8 Å². The summed E-state index contributed by atoms with van der Waals surface area (Å²) in [5, 5.41) is 0. The quantitative estimate of drug-likeness (QED) is 0.564. The molecule has 0 radical (unpaired) electrons. The zero-order valence-electron chi connectivity index (χ0n) is 18.4. The third-order valence-corrected chi connectivity index (χ3v) is 6.25. The molecule has 2 aliphatic heterocycles. The van der Waals surface area contributed by atoms with E-state index in [1.807, 2.05) is 0 Å².